The van der Waals surface area contributed by atoms with E-state index in [0.717, 1.165) is 6.42 Å². The first-order chi connectivity index (χ1) is 16.5. The molecule has 2 N–H and O–H groups in total. The van der Waals surface area contributed by atoms with E-state index in [-0.39, 0.29) is 29.7 Å². The molecule has 1 aliphatic carbocycles. The number of hydrogen-bond donors (Lipinski definition) is 2. The van der Waals surface area contributed by atoms with Crippen LogP contribution in [0.5, 0.6) is 0 Å². The highest BCUT2D eigenvalue weighted by atomic mass is 16.6. The molecule has 36 heavy (non-hydrogen) atoms. The molecule has 0 bridgehead atoms. The highest BCUT2D eigenvalue weighted by Gasteiger charge is 2.49. The Bertz CT molecular complexity index is 997. The lowest BCUT2D eigenvalue weighted by Crippen LogP contribution is -2.56. The minimum absolute atomic E-state index is 0.118. The molecule has 1 aromatic carbocycles. The summed E-state index contributed by atoms with van der Waals surface area (Å²) in [5.41, 5.74) is -0.0785. The van der Waals surface area contributed by atoms with Crippen LogP contribution in [0, 0.1) is 24.2 Å². The minimum atomic E-state index is -0.936. The number of rotatable bonds is 8. The third-order valence-electron chi connectivity index (χ3n) is 5.81. The zero-order valence-electron chi connectivity index (χ0n) is 23.3. The maximum atomic E-state index is 14.2. The molecule has 0 aromatic heterocycles. The van der Waals surface area contributed by atoms with Crippen LogP contribution in [0.2, 0.25) is 0 Å². The Morgan fingerprint density at radius 3 is 2.19 bits per heavy atom. The quantitative estimate of drug-likeness (QED) is 0.505. The predicted molar refractivity (Wildman–Crippen MR) is 142 cm³/mol. The zero-order chi connectivity index (χ0) is 27.4. The van der Waals surface area contributed by atoms with Gasteiger partial charge in [0.05, 0.1) is 0 Å². The summed E-state index contributed by atoms with van der Waals surface area (Å²) in [7, 11) is 0. The standard InChI is InChI=1S/C29H43N3O4/c1-11-20-14-12-13-15-21(20)24(25(33)31-28(5,6)7)32(23-17-19(23)4)26(34)22(16-18(2)3)30-27(35)36-29(8,9)10/h1,12-15,18-19,22-24H,16-17H2,2-10H3,(H,30,35)(H,31,33). The van der Waals surface area contributed by atoms with Gasteiger partial charge in [-0.25, -0.2) is 4.79 Å². The molecule has 1 saturated carbocycles. The molecule has 7 nitrogen and oxygen atoms in total. The number of hydrogen-bond acceptors (Lipinski definition) is 4. The molecule has 3 amide bonds. The number of benzene rings is 1. The van der Waals surface area contributed by atoms with Gasteiger partial charge < -0.3 is 20.3 Å². The molecule has 0 spiro atoms. The maximum Gasteiger partial charge on any atom is 0.408 e. The number of alkyl carbamates (subject to hydrolysis) is 1. The van der Waals surface area contributed by atoms with Gasteiger partial charge in [0.2, 0.25) is 11.8 Å². The van der Waals surface area contributed by atoms with Crippen molar-refractivity contribution in [3.8, 4) is 12.3 Å². The molecule has 1 fully saturated rings. The normalized spacial score (nSPS) is 19.0. The van der Waals surface area contributed by atoms with Crippen LogP contribution in [0.1, 0.15) is 92.3 Å². The summed E-state index contributed by atoms with van der Waals surface area (Å²) in [6.07, 6.45) is 6.31. The molecule has 7 heteroatoms. The number of nitrogens with one attached hydrogen (secondary N) is 2. The number of nitrogens with zero attached hydrogens (tertiary/aromatic N) is 1. The van der Waals surface area contributed by atoms with E-state index in [1.54, 1.807) is 37.8 Å². The molecule has 0 aliphatic heterocycles. The van der Waals surface area contributed by atoms with Gasteiger partial charge in [0.25, 0.3) is 0 Å². The highest BCUT2D eigenvalue weighted by molar-refractivity contribution is 5.93. The Balaban J connectivity index is 2.57. The van der Waals surface area contributed by atoms with Crippen molar-refractivity contribution < 1.29 is 19.1 Å². The monoisotopic (exact) mass is 497 g/mol. The van der Waals surface area contributed by atoms with Crippen LogP contribution in [0.15, 0.2) is 24.3 Å². The number of amides is 3. The van der Waals surface area contributed by atoms with Gasteiger partial charge in [-0.1, -0.05) is 44.9 Å². The zero-order valence-corrected chi connectivity index (χ0v) is 23.3. The van der Waals surface area contributed by atoms with Crippen LogP contribution in [-0.4, -0.2) is 46.0 Å². The summed E-state index contributed by atoms with van der Waals surface area (Å²) in [4.78, 5) is 42.3. The van der Waals surface area contributed by atoms with E-state index in [2.05, 4.69) is 23.5 Å². The third-order valence-corrected chi connectivity index (χ3v) is 5.81. The second kappa shape index (κ2) is 11.4. The molecule has 4 unspecified atom stereocenters. The van der Waals surface area contributed by atoms with E-state index in [9.17, 15) is 14.4 Å². The molecule has 1 aliphatic rings. The first-order valence-electron chi connectivity index (χ1n) is 12.7. The van der Waals surface area contributed by atoms with Crippen LogP contribution in [-0.2, 0) is 14.3 Å². The van der Waals surface area contributed by atoms with Crippen molar-refractivity contribution in [2.45, 2.75) is 104 Å². The Kier molecular flexibility index (Phi) is 9.23. The number of carbonyl (C=O) groups excluding carboxylic acids is 3. The molecule has 1 aromatic rings. The van der Waals surface area contributed by atoms with Crippen LogP contribution in [0.4, 0.5) is 4.79 Å². The topological polar surface area (TPSA) is 87.7 Å². The van der Waals surface area contributed by atoms with Crippen LogP contribution >= 0.6 is 0 Å². The van der Waals surface area contributed by atoms with Crippen molar-refractivity contribution in [2.24, 2.45) is 11.8 Å². The fourth-order valence-corrected chi connectivity index (χ4v) is 4.22. The smallest absolute Gasteiger partial charge is 0.408 e. The second-order valence-corrected chi connectivity index (χ2v) is 12.2. The summed E-state index contributed by atoms with van der Waals surface area (Å²) >= 11 is 0. The van der Waals surface area contributed by atoms with Crippen molar-refractivity contribution in [1.82, 2.24) is 15.5 Å². The first kappa shape index (κ1) is 29.2. The number of ether oxygens (including phenoxy) is 1. The van der Waals surface area contributed by atoms with E-state index in [4.69, 9.17) is 11.2 Å². The molecule has 0 radical (unpaired) electrons. The Labute approximate surface area is 216 Å². The summed E-state index contributed by atoms with van der Waals surface area (Å²) < 4.78 is 5.45. The van der Waals surface area contributed by atoms with Gasteiger partial charge in [0, 0.05) is 17.1 Å². The van der Waals surface area contributed by atoms with Gasteiger partial charge >= 0.3 is 6.09 Å². The van der Waals surface area contributed by atoms with Crippen molar-refractivity contribution in [3.63, 3.8) is 0 Å². The van der Waals surface area contributed by atoms with E-state index < -0.39 is 29.3 Å². The maximum absolute atomic E-state index is 14.2. The van der Waals surface area contributed by atoms with E-state index in [0.29, 0.717) is 17.5 Å². The van der Waals surface area contributed by atoms with E-state index in [1.807, 2.05) is 46.8 Å². The van der Waals surface area contributed by atoms with Gasteiger partial charge in [0.15, 0.2) is 0 Å². The minimum Gasteiger partial charge on any atom is -0.444 e. The summed E-state index contributed by atoms with van der Waals surface area (Å²) in [5.74, 6) is 2.39. The molecule has 4 atom stereocenters. The highest BCUT2D eigenvalue weighted by Crippen LogP contribution is 2.41. The fraction of sp³-hybridized carbons (Fsp3) is 0.621. The SMILES string of the molecule is C#Cc1ccccc1C(C(=O)NC(C)(C)C)N(C(=O)C(CC(C)C)NC(=O)OC(C)(C)C)C1CC1C. The van der Waals surface area contributed by atoms with Crippen molar-refractivity contribution in [3.05, 3.63) is 35.4 Å². The Hall–Kier alpha value is -3.01. The van der Waals surface area contributed by atoms with Crippen molar-refractivity contribution in [2.75, 3.05) is 0 Å². The lowest BCUT2D eigenvalue weighted by molar-refractivity contribution is -0.144. The predicted octanol–water partition coefficient (Wildman–Crippen LogP) is 4.80. The first-order valence-corrected chi connectivity index (χ1v) is 12.7. The number of terminal acetylenes is 1. The third kappa shape index (κ3) is 8.29. The molecular formula is C29H43N3O4. The van der Waals surface area contributed by atoms with Gasteiger partial charge in [-0.15, -0.1) is 6.42 Å². The van der Waals surface area contributed by atoms with Gasteiger partial charge in [-0.3, -0.25) is 9.59 Å². The van der Waals surface area contributed by atoms with E-state index in [1.165, 1.54) is 0 Å². The summed E-state index contributed by atoms with van der Waals surface area (Å²) in [6, 6.07) is 5.27. The molecule has 2 rings (SSSR count). The van der Waals surface area contributed by atoms with Crippen molar-refractivity contribution >= 4 is 17.9 Å². The molecule has 0 saturated heterocycles. The van der Waals surface area contributed by atoms with E-state index >= 15 is 0 Å². The summed E-state index contributed by atoms with van der Waals surface area (Å²) in [6.45, 7) is 17.0. The average Bonchev–Trinajstić information content (AvgIpc) is 3.43. The summed E-state index contributed by atoms with van der Waals surface area (Å²) in [5, 5.41) is 5.82. The Morgan fingerprint density at radius 1 is 1.14 bits per heavy atom. The average molecular weight is 498 g/mol. The fourth-order valence-electron chi connectivity index (χ4n) is 4.22. The van der Waals surface area contributed by atoms with Gasteiger partial charge in [-0.2, -0.15) is 0 Å². The largest absolute Gasteiger partial charge is 0.444 e. The lowest BCUT2D eigenvalue weighted by atomic mass is 9.95. The van der Waals surface area contributed by atoms with Crippen LogP contribution in [0.25, 0.3) is 0 Å². The molecule has 0 heterocycles. The molecule has 198 valence electrons. The Morgan fingerprint density at radius 2 is 1.72 bits per heavy atom. The number of carbonyl (C=O) groups is 3. The van der Waals surface area contributed by atoms with Crippen LogP contribution < -0.4 is 10.6 Å². The van der Waals surface area contributed by atoms with Gasteiger partial charge in [0.1, 0.15) is 17.7 Å². The second-order valence-electron chi connectivity index (χ2n) is 12.2. The lowest BCUT2D eigenvalue weighted by Gasteiger charge is -2.37. The van der Waals surface area contributed by atoms with Crippen molar-refractivity contribution in [1.29, 1.82) is 0 Å². The van der Waals surface area contributed by atoms with Crippen LogP contribution in [0.3, 0.4) is 0 Å². The van der Waals surface area contributed by atoms with Gasteiger partial charge in [-0.05, 0) is 77.8 Å². The molecular weight excluding hydrogens is 454 g/mol.